The molecule has 0 atom stereocenters. The van der Waals surface area contributed by atoms with Gasteiger partial charge in [0.1, 0.15) is 0 Å². The number of nitrogens with zero attached hydrogens (tertiary/aromatic N) is 4. The molecule has 7 heteroatoms. The zero-order chi connectivity index (χ0) is 13.1. The van der Waals surface area contributed by atoms with Gasteiger partial charge < -0.3 is 5.32 Å². The van der Waals surface area contributed by atoms with Crippen molar-refractivity contribution in [3.05, 3.63) is 47.0 Å². The van der Waals surface area contributed by atoms with Crippen LogP contribution in [0.2, 0.25) is 0 Å². The lowest BCUT2D eigenvalue weighted by molar-refractivity contribution is 0.607. The highest BCUT2D eigenvalue weighted by atomic mass is 16.1. The van der Waals surface area contributed by atoms with Gasteiger partial charge in [-0.2, -0.15) is 0 Å². The molecule has 96 valence electrons. The van der Waals surface area contributed by atoms with Crippen molar-refractivity contribution in [1.29, 1.82) is 0 Å². The molecule has 2 heterocycles. The molecule has 7 nitrogen and oxygen atoms in total. The van der Waals surface area contributed by atoms with Crippen molar-refractivity contribution >= 4 is 16.9 Å². The second-order valence-electron chi connectivity index (χ2n) is 4.02. The highest BCUT2D eigenvalue weighted by molar-refractivity contribution is 5.78. The fourth-order valence-electron chi connectivity index (χ4n) is 1.81. The van der Waals surface area contributed by atoms with Gasteiger partial charge in [0.15, 0.2) is 0 Å². The number of aromatic amines is 1. The molecule has 2 N–H and O–H groups in total. The number of para-hydroxylation sites is 1. The Kier molecular flexibility index (Phi) is 2.93. The highest BCUT2D eigenvalue weighted by Gasteiger charge is 2.02. The quantitative estimate of drug-likeness (QED) is 0.714. The molecule has 0 fully saturated rings. The van der Waals surface area contributed by atoms with E-state index in [9.17, 15) is 4.79 Å². The lowest BCUT2D eigenvalue weighted by Gasteiger charge is -2.06. The van der Waals surface area contributed by atoms with Crippen molar-refractivity contribution in [3.8, 4) is 0 Å². The maximum absolute atomic E-state index is 11.8. The molecule has 19 heavy (non-hydrogen) atoms. The summed E-state index contributed by atoms with van der Waals surface area (Å²) in [6, 6.07) is 7.23. The number of benzene rings is 1. The largest absolute Gasteiger partial charge is 0.354 e. The lowest BCUT2D eigenvalue weighted by Crippen LogP contribution is -2.16. The van der Waals surface area contributed by atoms with Crippen LogP contribution in [-0.2, 0) is 6.54 Å². The van der Waals surface area contributed by atoms with Gasteiger partial charge in [-0.3, -0.25) is 14.5 Å². The molecule has 3 aromatic rings. The second kappa shape index (κ2) is 4.89. The van der Waals surface area contributed by atoms with Crippen LogP contribution in [0.15, 0.2) is 41.5 Å². The van der Waals surface area contributed by atoms with E-state index < -0.39 is 0 Å². The average molecular weight is 256 g/mol. The van der Waals surface area contributed by atoms with Gasteiger partial charge >= 0.3 is 0 Å². The third-order valence-corrected chi connectivity index (χ3v) is 2.72. The van der Waals surface area contributed by atoms with Gasteiger partial charge in [0.25, 0.3) is 5.56 Å². The number of fused-ring (bicyclic) bond motifs is 1. The van der Waals surface area contributed by atoms with E-state index in [1.165, 1.54) is 0 Å². The molecule has 0 radical (unpaired) electrons. The van der Waals surface area contributed by atoms with E-state index in [1.54, 1.807) is 23.1 Å². The van der Waals surface area contributed by atoms with Gasteiger partial charge in [0.2, 0.25) is 5.95 Å². The molecule has 0 spiro atoms. The van der Waals surface area contributed by atoms with Gasteiger partial charge in [0.05, 0.1) is 23.6 Å². The van der Waals surface area contributed by atoms with E-state index in [1.807, 2.05) is 18.2 Å². The van der Waals surface area contributed by atoms with Crippen LogP contribution in [0.1, 0.15) is 0 Å². The summed E-state index contributed by atoms with van der Waals surface area (Å²) in [6.07, 6.45) is 3.40. The number of hydrogen-bond acceptors (Lipinski definition) is 5. The van der Waals surface area contributed by atoms with E-state index in [0.717, 1.165) is 0 Å². The fourth-order valence-corrected chi connectivity index (χ4v) is 1.81. The Balaban J connectivity index is 1.76. The van der Waals surface area contributed by atoms with Gasteiger partial charge in [0, 0.05) is 12.7 Å². The molecule has 3 rings (SSSR count). The number of nitrogens with one attached hydrogen (secondary N) is 2. The first-order chi connectivity index (χ1) is 9.33. The molecular formula is C12H12N6O. The summed E-state index contributed by atoms with van der Waals surface area (Å²) in [6.45, 7) is 1.25. The number of anilines is 1. The standard InChI is InChI=1S/C12H12N6O/c19-11-9-3-1-2-4-10(9)15-12(16-11)13-5-7-18-8-6-14-17-18/h1-4,6,8H,5,7H2,(H2,13,15,16,19). The van der Waals surface area contributed by atoms with Crippen LogP contribution in [0.25, 0.3) is 10.9 Å². The Morgan fingerprint density at radius 1 is 1.32 bits per heavy atom. The molecule has 0 saturated carbocycles. The fraction of sp³-hybridized carbons (Fsp3) is 0.167. The van der Waals surface area contributed by atoms with Gasteiger partial charge in [-0.05, 0) is 12.1 Å². The Morgan fingerprint density at radius 3 is 3.05 bits per heavy atom. The molecule has 2 aromatic heterocycles. The summed E-state index contributed by atoms with van der Waals surface area (Å²) in [5.41, 5.74) is 0.531. The van der Waals surface area contributed by atoms with Crippen molar-refractivity contribution in [2.24, 2.45) is 0 Å². The summed E-state index contributed by atoms with van der Waals surface area (Å²) >= 11 is 0. The van der Waals surface area contributed by atoms with Crippen LogP contribution in [0.5, 0.6) is 0 Å². The normalized spacial score (nSPS) is 10.7. The van der Waals surface area contributed by atoms with Crippen molar-refractivity contribution in [1.82, 2.24) is 25.0 Å². The zero-order valence-electron chi connectivity index (χ0n) is 10.1. The van der Waals surface area contributed by atoms with Crippen LogP contribution in [-0.4, -0.2) is 31.5 Å². The predicted octanol–water partition coefficient (Wildman–Crippen LogP) is 0.627. The monoisotopic (exact) mass is 256 g/mol. The molecule has 0 aliphatic carbocycles. The summed E-state index contributed by atoms with van der Waals surface area (Å²) < 4.78 is 1.70. The van der Waals surface area contributed by atoms with Crippen molar-refractivity contribution in [2.45, 2.75) is 6.54 Å². The molecule has 0 unspecified atom stereocenters. The van der Waals surface area contributed by atoms with Crippen molar-refractivity contribution in [2.75, 3.05) is 11.9 Å². The molecule has 0 saturated heterocycles. The SMILES string of the molecule is O=c1[nH]c(NCCn2ccnn2)nc2ccccc12. The molecule has 1 aromatic carbocycles. The van der Waals surface area contributed by atoms with E-state index in [-0.39, 0.29) is 5.56 Å². The summed E-state index contributed by atoms with van der Waals surface area (Å²) in [4.78, 5) is 18.9. The second-order valence-corrected chi connectivity index (χ2v) is 4.02. The minimum absolute atomic E-state index is 0.145. The van der Waals surface area contributed by atoms with Crippen LogP contribution in [0.3, 0.4) is 0 Å². The maximum atomic E-state index is 11.8. The van der Waals surface area contributed by atoms with Crippen LogP contribution < -0.4 is 10.9 Å². The van der Waals surface area contributed by atoms with E-state index in [4.69, 9.17) is 0 Å². The summed E-state index contributed by atoms with van der Waals surface area (Å²) in [5.74, 6) is 0.462. The van der Waals surface area contributed by atoms with Gasteiger partial charge in [-0.25, -0.2) is 4.98 Å². The molecule has 0 aliphatic heterocycles. The summed E-state index contributed by atoms with van der Waals surface area (Å²) in [7, 11) is 0. The minimum Gasteiger partial charge on any atom is -0.354 e. The molecule has 0 amide bonds. The van der Waals surface area contributed by atoms with Crippen LogP contribution in [0.4, 0.5) is 5.95 Å². The third-order valence-electron chi connectivity index (χ3n) is 2.72. The number of aromatic nitrogens is 5. The van der Waals surface area contributed by atoms with Crippen molar-refractivity contribution in [3.63, 3.8) is 0 Å². The zero-order valence-corrected chi connectivity index (χ0v) is 10.1. The van der Waals surface area contributed by atoms with Gasteiger partial charge in [-0.15, -0.1) is 5.10 Å². The topological polar surface area (TPSA) is 88.5 Å². The Morgan fingerprint density at radius 2 is 2.21 bits per heavy atom. The first-order valence-corrected chi connectivity index (χ1v) is 5.90. The predicted molar refractivity (Wildman–Crippen MR) is 70.9 cm³/mol. The first kappa shape index (κ1) is 11.4. The Bertz CT molecular complexity index is 733. The molecular weight excluding hydrogens is 244 g/mol. The number of rotatable bonds is 4. The smallest absolute Gasteiger partial charge is 0.260 e. The van der Waals surface area contributed by atoms with Crippen molar-refractivity contribution < 1.29 is 0 Å². The Labute approximate surface area is 108 Å². The van der Waals surface area contributed by atoms with E-state index in [2.05, 4.69) is 25.6 Å². The molecule has 0 aliphatic rings. The van der Waals surface area contributed by atoms with Crippen LogP contribution in [0, 0.1) is 0 Å². The summed E-state index contributed by atoms with van der Waals surface area (Å²) in [5, 5.41) is 11.2. The average Bonchev–Trinajstić information content (AvgIpc) is 2.92. The third kappa shape index (κ3) is 2.44. The highest BCUT2D eigenvalue weighted by Crippen LogP contribution is 2.07. The number of hydrogen-bond donors (Lipinski definition) is 2. The molecule has 0 bridgehead atoms. The number of H-pyrrole nitrogens is 1. The first-order valence-electron chi connectivity index (χ1n) is 5.90. The lowest BCUT2D eigenvalue weighted by atomic mass is 10.2. The van der Waals surface area contributed by atoms with Crippen LogP contribution >= 0.6 is 0 Å². The maximum Gasteiger partial charge on any atom is 0.260 e. The van der Waals surface area contributed by atoms with Gasteiger partial charge in [-0.1, -0.05) is 17.3 Å². The minimum atomic E-state index is -0.145. The van der Waals surface area contributed by atoms with E-state index >= 15 is 0 Å². The van der Waals surface area contributed by atoms with E-state index in [0.29, 0.717) is 29.9 Å². The Hall–Kier alpha value is -2.70.